The van der Waals surface area contributed by atoms with Crippen molar-refractivity contribution < 1.29 is 14.1 Å². The summed E-state index contributed by atoms with van der Waals surface area (Å²) >= 11 is 1.33. The molecule has 1 unspecified atom stereocenters. The van der Waals surface area contributed by atoms with E-state index >= 15 is 0 Å². The molecule has 8 heteroatoms. The fraction of sp³-hybridized carbons (Fsp3) is 0.176. The highest BCUT2D eigenvalue weighted by molar-refractivity contribution is 8.00. The highest BCUT2D eigenvalue weighted by Crippen LogP contribution is 2.27. The maximum absolute atomic E-state index is 12.3. The van der Waals surface area contributed by atoms with E-state index in [1.807, 2.05) is 0 Å². The number of aromatic nitrogens is 1. The number of anilines is 1. The van der Waals surface area contributed by atoms with Crippen LogP contribution in [-0.4, -0.2) is 21.1 Å². The number of nitrogens with one attached hydrogen (secondary N) is 1. The predicted octanol–water partition coefficient (Wildman–Crippen LogP) is 4.16. The molecule has 25 heavy (non-hydrogen) atoms. The number of carbonyl (C=O) groups excluding carboxylic acids is 1. The van der Waals surface area contributed by atoms with Crippen LogP contribution in [0.4, 0.5) is 11.4 Å². The molecule has 3 aromatic rings. The largest absolute Gasteiger partial charge is 0.441 e. The van der Waals surface area contributed by atoms with Gasteiger partial charge in [-0.3, -0.25) is 14.9 Å². The first-order valence-electron chi connectivity index (χ1n) is 7.51. The van der Waals surface area contributed by atoms with E-state index in [1.54, 1.807) is 44.2 Å². The molecule has 2 aromatic carbocycles. The monoisotopic (exact) mass is 357 g/mol. The second-order valence-corrected chi connectivity index (χ2v) is 6.83. The Balaban J connectivity index is 1.65. The quantitative estimate of drug-likeness (QED) is 0.418. The van der Waals surface area contributed by atoms with Crippen LogP contribution in [0.3, 0.4) is 0 Å². The summed E-state index contributed by atoms with van der Waals surface area (Å²) in [6, 6.07) is 11.4. The molecule has 3 rings (SSSR count). The predicted molar refractivity (Wildman–Crippen MR) is 95.8 cm³/mol. The van der Waals surface area contributed by atoms with Gasteiger partial charge in [-0.1, -0.05) is 0 Å². The molecular weight excluding hydrogens is 342 g/mol. The smallest absolute Gasteiger partial charge is 0.269 e. The summed E-state index contributed by atoms with van der Waals surface area (Å²) in [7, 11) is 0. The van der Waals surface area contributed by atoms with Crippen molar-refractivity contribution in [1.29, 1.82) is 0 Å². The number of hydrogen-bond acceptors (Lipinski definition) is 6. The fourth-order valence-corrected chi connectivity index (χ4v) is 3.14. The highest BCUT2D eigenvalue weighted by atomic mass is 32.2. The van der Waals surface area contributed by atoms with Gasteiger partial charge in [0.05, 0.1) is 10.2 Å². The molecule has 0 aliphatic carbocycles. The Bertz CT molecular complexity index is 937. The lowest BCUT2D eigenvalue weighted by Crippen LogP contribution is -2.22. The first kappa shape index (κ1) is 17.0. The summed E-state index contributed by atoms with van der Waals surface area (Å²) in [4.78, 5) is 27.6. The normalized spacial score (nSPS) is 12.1. The van der Waals surface area contributed by atoms with Gasteiger partial charge in [0.25, 0.3) is 5.69 Å². The average molecular weight is 357 g/mol. The van der Waals surface area contributed by atoms with Gasteiger partial charge in [-0.15, -0.1) is 11.8 Å². The van der Waals surface area contributed by atoms with Crippen molar-refractivity contribution in [3.05, 3.63) is 58.5 Å². The number of fused-ring (bicyclic) bond motifs is 1. The molecule has 0 spiro atoms. The second kappa shape index (κ2) is 6.94. The van der Waals surface area contributed by atoms with Gasteiger partial charge in [-0.2, -0.15) is 0 Å². The molecule has 0 aliphatic rings. The van der Waals surface area contributed by atoms with Crippen molar-refractivity contribution in [3.63, 3.8) is 0 Å². The van der Waals surface area contributed by atoms with Gasteiger partial charge in [0.1, 0.15) is 5.52 Å². The van der Waals surface area contributed by atoms with Crippen LogP contribution in [0.15, 0.2) is 51.8 Å². The lowest BCUT2D eigenvalue weighted by Gasteiger charge is -2.12. The molecule has 1 N–H and O–H groups in total. The maximum Gasteiger partial charge on any atom is 0.269 e. The van der Waals surface area contributed by atoms with E-state index in [4.69, 9.17) is 4.42 Å². The number of thioether (sulfide) groups is 1. The van der Waals surface area contributed by atoms with Crippen LogP contribution >= 0.6 is 11.8 Å². The van der Waals surface area contributed by atoms with Crippen molar-refractivity contribution in [1.82, 2.24) is 4.98 Å². The average Bonchev–Trinajstić information content (AvgIpc) is 2.94. The molecule has 0 aliphatic heterocycles. The number of rotatable bonds is 5. The number of nitrogens with zero attached hydrogens (tertiary/aromatic N) is 2. The number of amides is 1. The zero-order chi connectivity index (χ0) is 18.0. The van der Waals surface area contributed by atoms with Gasteiger partial charge in [0, 0.05) is 29.6 Å². The first-order chi connectivity index (χ1) is 11.9. The molecule has 1 aromatic heterocycles. The summed E-state index contributed by atoms with van der Waals surface area (Å²) in [6.45, 7) is 3.54. The van der Waals surface area contributed by atoms with Crippen LogP contribution in [0.2, 0.25) is 0 Å². The zero-order valence-electron chi connectivity index (χ0n) is 13.6. The molecule has 1 atom stereocenters. The number of nitro groups is 1. The van der Waals surface area contributed by atoms with Crippen LogP contribution in [0, 0.1) is 17.0 Å². The minimum atomic E-state index is -0.452. The second-order valence-electron chi connectivity index (χ2n) is 5.42. The number of nitro benzene ring substituents is 1. The van der Waals surface area contributed by atoms with Gasteiger partial charge in [0.2, 0.25) is 5.91 Å². The SMILES string of the molecule is Cc1nc2cc(NC(=O)C(C)Sc3ccc([N+](=O)[O-])cc3)ccc2o1. The van der Waals surface area contributed by atoms with Crippen molar-refractivity contribution in [3.8, 4) is 0 Å². The van der Waals surface area contributed by atoms with Crippen LogP contribution in [-0.2, 0) is 4.79 Å². The van der Waals surface area contributed by atoms with Crippen molar-refractivity contribution >= 4 is 40.1 Å². The third-order valence-electron chi connectivity index (χ3n) is 3.49. The van der Waals surface area contributed by atoms with E-state index in [0.717, 1.165) is 4.90 Å². The third-order valence-corrected chi connectivity index (χ3v) is 4.60. The number of carbonyl (C=O) groups is 1. The summed E-state index contributed by atoms with van der Waals surface area (Å²) in [5, 5.41) is 13.1. The van der Waals surface area contributed by atoms with Crippen molar-refractivity contribution in [2.75, 3.05) is 5.32 Å². The van der Waals surface area contributed by atoms with Crippen molar-refractivity contribution in [2.24, 2.45) is 0 Å². The summed E-state index contributed by atoms with van der Waals surface area (Å²) in [5.74, 6) is 0.406. The molecule has 1 amide bonds. The Morgan fingerprint density at radius 2 is 2.00 bits per heavy atom. The molecule has 7 nitrogen and oxygen atoms in total. The molecule has 0 saturated carbocycles. The molecule has 1 heterocycles. The van der Waals surface area contributed by atoms with Gasteiger partial charge in [-0.25, -0.2) is 4.98 Å². The van der Waals surface area contributed by atoms with Gasteiger partial charge in [-0.05, 0) is 37.3 Å². The lowest BCUT2D eigenvalue weighted by atomic mass is 10.3. The Labute approximate surface area is 147 Å². The minimum absolute atomic E-state index is 0.0256. The Kier molecular flexibility index (Phi) is 4.71. The van der Waals surface area contributed by atoms with Crippen LogP contribution in [0.25, 0.3) is 11.1 Å². The Morgan fingerprint density at radius 1 is 1.28 bits per heavy atom. The summed E-state index contributed by atoms with van der Waals surface area (Å²) in [5.41, 5.74) is 2.02. The lowest BCUT2D eigenvalue weighted by molar-refractivity contribution is -0.384. The highest BCUT2D eigenvalue weighted by Gasteiger charge is 2.16. The number of hydrogen-bond donors (Lipinski definition) is 1. The first-order valence-corrected chi connectivity index (χ1v) is 8.39. The minimum Gasteiger partial charge on any atom is -0.441 e. The molecule has 0 saturated heterocycles. The fourth-order valence-electron chi connectivity index (χ4n) is 2.27. The number of aryl methyl sites for hydroxylation is 1. The zero-order valence-corrected chi connectivity index (χ0v) is 14.4. The van der Waals surface area contributed by atoms with Crippen LogP contribution < -0.4 is 5.32 Å². The molecular formula is C17H15N3O4S. The van der Waals surface area contributed by atoms with E-state index < -0.39 is 4.92 Å². The van der Waals surface area contributed by atoms with E-state index in [0.29, 0.717) is 22.7 Å². The third kappa shape index (κ3) is 3.97. The van der Waals surface area contributed by atoms with Crippen molar-refractivity contribution in [2.45, 2.75) is 24.0 Å². The van der Waals surface area contributed by atoms with E-state index in [9.17, 15) is 14.9 Å². The number of oxazole rings is 1. The van der Waals surface area contributed by atoms with Gasteiger partial charge in [0.15, 0.2) is 11.5 Å². The van der Waals surface area contributed by atoms with Gasteiger partial charge < -0.3 is 9.73 Å². The molecule has 128 valence electrons. The molecule has 0 bridgehead atoms. The van der Waals surface area contributed by atoms with E-state index in [1.165, 1.54) is 23.9 Å². The summed E-state index contributed by atoms with van der Waals surface area (Å²) in [6.07, 6.45) is 0. The Morgan fingerprint density at radius 3 is 2.68 bits per heavy atom. The number of benzene rings is 2. The molecule has 0 radical (unpaired) electrons. The van der Waals surface area contributed by atoms with E-state index in [2.05, 4.69) is 10.3 Å². The standard InChI is InChI=1S/C17H15N3O4S/c1-10(25-14-6-4-13(5-7-14)20(22)23)17(21)19-12-3-8-16-15(9-12)18-11(2)24-16/h3-10H,1-2H3,(H,19,21). The van der Waals surface area contributed by atoms with E-state index in [-0.39, 0.29) is 16.8 Å². The van der Waals surface area contributed by atoms with Crippen LogP contribution in [0.1, 0.15) is 12.8 Å². The summed E-state index contributed by atoms with van der Waals surface area (Å²) < 4.78 is 5.40. The molecule has 0 fully saturated rings. The Hall–Kier alpha value is -2.87. The number of non-ortho nitro benzene ring substituents is 1. The van der Waals surface area contributed by atoms with Crippen LogP contribution in [0.5, 0.6) is 0 Å². The van der Waals surface area contributed by atoms with Gasteiger partial charge >= 0.3 is 0 Å². The maximum atomic E-state index is 12.3. The topological polar surface area (TPSA) is 98.3 Å².